The van der Waals surface area contributed by atoms with Crippen molar-refractivity contribution in [1.82, 2.24) is 0 Å². The minimum Gasteiger partial charge on any atom is -0.489 e. The summed E-state index contributed by atoms with van der Waals surface area (Å²) < 4.78 is 28.8. The van der Waals surface area contributed by atoms with Crippen LogP contribution in [0.1, 0.15) is 37.8 Å². The predicted molar refractivity (Wildman–Crippen MR) is 78.6 cm³/mol. The molecule has 0 aliphatic carbocycles. The van der Waals surface area contributed by atoms with E-state index in [2.05, 4.69) is 0 Å². The molecule has 0 unspecified atom stereocenters. The Morgan fingerprint density at radius 3 is 2.47 bits per heavy atom. The number of hydrogen-bond acceptors (Lipinski definition) is 3. The summed E-state index contributed by atoms with van der Waals surface area (Å²) in [4.78, 5) is 0.167. The molecule has 0 aromatic heterocycles. The second kappa shape index (κ2) is 6.44. The SMILES string of the molecule is C/C=C/COc1cc(C(C)C)c(S(=O)(=O)Cl)cc1C. The largest absolute Gasteiger partial charge is 0.489 e. The van der Waals surface area contributed by atoms with E-state index in [4.69, 9.17) is 15.4 Å². The Hall–Kier alpha value is -1.00. The minimum absolute atomic E-state index is 0.0493. The van der Waals surface area contributed by atoms with Crippen molar-refractivity contribution in [1.29, 1.82) is 0 Å². The predicted octanol–water partition coefficient (Wildman–Crippen LogP) is 4.00. The molecule has 1 aromatic carbocycles. The van der Waals surface area contributed by atoms with Crippen LogP contribution in [0.25, 0.3) is 0 Å². The average molecular weight is 303 g/mol. The Morgan fingerprint density at radius 1 is 1.37 bits per heavy atom. The molecule has 0 bridgehead atoms. The summed E-state index contributed by atoms with van der Waals surface area (Å²) in [6.07, 6.45) is 3.79. The van der Waals surface area contributed by atoms with Gasteiger partial charge in [-0.25, -0.2) is 8.42 Å². The molecule has 0 saturated heterocycles. The van der Waals surface area contributed by atoms with Crippen LogP contribution >= 0.6 is 10.7 Å². The molecule has 3 nitrogen and oxygen atoms in total. The van der Waals surface area contributed by atoms with Gasteiger partial charge in [-0.2, -0.15) is 0 Å². The smallest absolute Gasteiger partial charge is 0.261 e. The molecule has 0 amide bonds. The van der Waals surface area contributed by atoms with Crippen molar-refractivity contribution in [2.45, 2.75) is 38.5 Å². The standard InChI is InChI=1S/C14H19ClO3S/c1-5-6-7-18-13-9-12(10(2)3)14(8-11(13)4)19(15,16)17/h5-6,8-10H,7H2,1-4H3/b6-5+. The molecule has 0 fully saturated rings. The van der Waals surface area contributed by atoms with E-state index >= 15 is 0 Å². The Labute approximate surface area is 119 Å². The van der Waals surface area contributed by atoms with Gasteiger partial charge < -0.3 is 4.74 Å². The number of allylic oxidation sites excluding steroid dienone is 1. The molecular weight excluding hydrogens is 284 g/mol. The van der Waals surface area contributed by atoms with Crippen LogP contribution in [0.3, 0.4) is 0 Å². The normalized spacial score (nSPS) is 12.3. The van der Waals surface area contributed by atoms with Gasteiger partial charge >= 0.3 is 0 Å². The summed E-state index contributed by atoms with van der Waals surface area (Å²) in [7, 11) is 1.74. The summed E-state index contributed by atoms with van der Waals surface area (Å²) >= 11 is 0. The summed E-state index contributed by atoms with van der Waals surface area (Å²) in [6.45, 7) is 8.03. The average Bonchev–Trinajstić information content (AvgIpc) is 2.29. The first-order chi connectivity index (χ1) is 8.77. The van der Waals surface area contributed by atoms with Crippen LogP contribution in [0.4, 0.5) is 0 Å². The summed E-state index contributed by atoms with van der Waals surface area (Å²) in [5, 5.41) is 0. The molecule has 5 heteroatoms. The summed E-state index contributed by atoms with van der Waals surface area (Å²) in [6, 6.07) is 3.33. The Bertz CT molecular complexity index is 575. The monoisotopic (exact) mass is 302 g/mol. The maximum absolute atomic E-state index is 11.6. The lowest BCUT2D eigenvalue weighted by molar-refractivity contribution is 0.359. The number of halogens is 1. The number of ether oxygens (including phenoxy) is 1. The zero-order valence-corrected chi connectivity index (χ0v) is 13.2. The summed E-state index contributed by atoms with van der Waals surface area (Å²) in [5.41, 5.74) is 1.43. The van der Waals surface area contributed by atoms with Gasteiger partial charge in [-0.3, -0.25) is 0 Å². The molecular formula is C14H19ClO3S. The highest BCUT2D eigenvalue weighted by molar-refractivity contribution is 8.13. The van der Waals surface area contributed by atoms with Crippen molar-refractivity contribution in [3.63, 3.8) is 0 Å². The van der Waals surface area contributed by atoms with E-state index in [0.717, 1.165) is 5.56 Å². The van der Waals surface area contributed by atoms with E-state index in [1.54, 1.807) is 19.1 Å². The zero-order valence-electron chi connectivity index (χ0n) is 11.6. The van der Waals surface area contributed by atoms with Crippen LogP contribution in [-0.4, -0.2) is 15.0 Å². The third-order valence-corrected chi connectivity index (χ3v) is 4.14. The molecule has 0 aliphatic heterocycles. The van der Waals surface area contributed by atoms with Crippen molar-refractivity contribution < 1.29 is 13.2 Å². The third-order valence-electron chi connectivity index (χ3n) is 2.76. The molecule has 0 heterocycles. The Balaban J connectivity index is 3.29. The molecule has 0 radical (unpaired) electrons. The molecule has 0 N–H and O–H groups in total. The number of benzene rings is 1. The van der Waals surface area contributed by atoms with E-state index in [1.807, 2.05) is 32.9 Å². The van der Waals surface area contributed by atoms with Crippen molar-refractivity contribution in [2.75, 3.05) is 6.61 Å². The van der Waals surface area contributed by atoms with Crippen molar-refractivity contribution >= 4 is 19.7 Å². The van der Waals surface area contributed by atoms with Gasteiger partial charge in [0.1, 0.15) is 12.4 Å². The lowest BCUT2D eigenvalue weighted by Crippen LogP contribution is -2.04. The second-order valence-electron chi connectivity index (χ2n) is 4.63. The molecule has 1 aromatic rings. The van der Waals surface area contributed by atoms with E-state index in [-0.39, 0.29) is 10.8 Å². The van der Waals surface area contributed by atoms with Crippen LogP contribution in [0.5, 0.6) is 5.75 Å². The zero-order chi connectivity index (χ0) is 14.6. The van der Waals surface area contributed by atoms with Crippen molar-refractivity contribution in [3.8, 4) is 5.75 Å². The molecule has 0 saturated carbocycles. The topological polar surface area (TPSA) is 43.4 Å². The molecule has 106 valence electrons. The molecule has 0 aliphatic rings. The molecule has 0 atom stereocenters. The van der Waals surface area contributed by atoms with Crippen LogP contribution in [0, 0.1) is 6.92 Å². The van der Waals surface area contributed by atoms with Gasteiger partial charge in [0, 0.05) is 10.7 Å². The van der Waals surface area contributed by atoms with Crippen LogP contribution in [0.2, 0.25) is 0 Å². The van der Waals surface area contributed by atoms with Crippen LogP contribution < -0.4 is 4.74 Å². The molecule has 1 rings (SSSR count). The van der Waals surface area contributed by atoms with Crippen LogP contribution in [0.15, 0.2) is 29.2 Å². The molecule has 0 spiro atoms. The van der Waals surface area contributed by atoms with E-state index in [9.17, 15) is 8.42 Å². The fourth-order valence-electron chi connectivity index (χ4n) is 1.73. The van der Waals surface area contributed by atoms with Crippen molar-refractivity contribution in [2.24, 2.45) is 0 Å². The number of rotatable bonds is 5. The van der Waals surface area contributed by atoms with Crippen molar-refractivity contribution in [3.05, 3.63) is 35.4 Å². The first kappa shape index (κ1) is 16.1. The highest BCUT2D eigenvalue weighted by Gasteiger charge is 2.20. The van der Waals surface area contributed by atoms with E-state index in [1.165, 1.54) is 0 Å². The summed E-state index contributed by atoms with van der Waals surface area (Å²) in [5.74, 6) is 0.735. The molecule has 19 heavy (non-hydrogen) atoms. The third kappa shape index (κ3) is 4.25. The maximum Gasteiger partial charge on any atom is 0.261 e. The highest BCUT2D eigenvalue weighted by Crippen LogP contribution is 2.32. The highest BCUT2D eigenvalue weighted by atomic mass is 35.7. The first-order valence-electron chi connectivity index (χ1n) is 6.10. The van der Waals surface area contributed by atoms with Gasteiger partial charge in [-0.15, -0.1) is 0 Å². The Morgan fingerprint density at radius 2 is 2.00 bits per heavy atom. The minimum atomic E-state index is -3.74. The van der Waals surface area contributed by atoms with Gasteiger partial charge in [0.05, 0.1) is 4.90 Å². The Kier molecular flexibility index (Phi) is 5.44. The van der Waals surface area contributed by atoms with Gasteiger partial charge in [0.15, 0.2) is 0 Å². The first-order valence-corrected chi connectivity index (χ1v) is 8.41. The van der Waals surface area contributed by atoms with Gasteiger partial charge in [-0.05, 0) is 43.0 Å². The maximum atomic E-state index is 11.6. The fraction of sp³-hybridized carbons (Fsp3) is 0.429. The van der Waals surface area contributed by atoms with Gasteiger partial charge in [0.25, 0.3) is 9.05 Å². The van der Waals surface area contributed by atoms with Gasteiger partial charge in [0.2, 0.25) is 0 Å². The lowest BCUT2D eigenvalue weighted by Gasteiger charge is -2.15. The van der Waals surface area contributed by atoms with Gasteiger partial charge in [-0.1, -0.05) is 26.0 Å². The van der Waals surface area contributed by atoms with Crippen LogP contribution in [-0.2, 0) is 9.05 Å². The van der Waals surface area contributed by atoms with E-state index in [0.29, 0.717) is 17.9 Å². The fourth-order valence-corrected chi connectivity index (χ4v) is 3.02. The number of hydrogen-bond donors (Lipinski definition) is 0. The second-order valence-corrected chi connectivity index (χ2v) is 7.16. The van der Waals surface area contributed by atoms with E-state index < -0.39 is 9.05 Å². The number of aryl methyl sites for hydroxylation is 1. The lowest BCUT2D eigenvalue weighted by atomic mass is 10.0. The quantitative estimate of drug-likeness (QED) is 0.610.